The van der Waals surface area contributed by atoms with Crippen LogP contribution in [-0.4, -0.2) is 46.4 Å². The molecule has 142 valence electrons. The van der Waals surface area contributed by atoms with Crippen LogP contribution in [0.2, 0.25) is 0 Å². The van der Waals surface area contributed by atoms with Gasteiger partial charge in [0.25, 0.3) is 0 Å². The van der Waals surface area contributed by atoms with E-state index >= 15 is 0 Å². The molecule has 2 aromatic rings. The number of hydrogen-bond acceptors (Lipinski definition) is 4. The summed E-state index contributed by atoms with van der Waals surface area (Å²) in [5.41, 5.74) is 1.27. The van der Waals surface area contributed by atoms with E-state index in [2.05, 4.69) is 90.1 Å². The molecule has 1 aromatic carbocycles. The number of aromatic nitrogens is 4. The van der Waals surface area contributed by atoms with E-state index in [0.717, 1.165) is 38.4 Å². The Morgan fingerprint density at radius 2 is 1.77 bits per heavy atom. The summed E-state index contributed by atoms with van der Waals surface area (Å²) in [4.78, 5) is 4.08. The number of nitrogens with zero attached hydrogens (tertiary/aromatic N) is 5. The Labute approximate surface area is 157 Å². The van der Waals surface area contributed by atoms with Gasteiger partial charge in [0.05, 0.1) is 31.7 Å². The number of anilines is 1. The van der Waals surface area contributed by atoms with Crippen LogP contribution in [-0.2, 0) is 5.54 Å². The molecule has 0 radical (unpaired) electrons. The van der Waals surface area contributed by atoms with Crippen molar-refractivity contribution in [1.82, 2.24) is 20.2 Å². The molecule has 2 heterocycles. The summed E-state index contributed by atoms with van der Waals surface area (Å²) < 4.78 is 2.06. The lowest BCUT2D eigenvalue weighted by Crippen LogP contribution is -3.15. The summed E-state index contributed by atoms with van der Waals surface area (Å²) in [5, 5.41) is 12.9. The molecule has 1 aromatic heterocycles. The zero-order valence-electron chi connectivity index (χ0n) is 16.8. The van der Waals surface area contributed by atoms with Crippen molar-refractivity contribution in [3.63, 3.8) is 0 Å². The van der Waals surface area contributed by atoms with Crippen LogP contribution in [0.4, 0.5) is 5.69 Å². The van der Waals surface area contributed by atoms with Gasteiger partial charge in [-0.1, -0.05) is 39.0 Å². The normalized spacial score (nSPS) is 17.7. The molecule has 6 heteroatoms. The molecular formula is C20H33N6+. The second kappa shape index (κ2) is 7.74. The van der Waals surface area contributed by atoms with Crippen molar-refractivity contribution in [2.75, 3.05) is 31.1 Å². The van der Waals surface area contributed by atoms with Crippen LogP contribution in [0.25, 0.3) is 0 Å². The first kappa shape index (κ1) is 18.8. The van der Waals surface area contributed by atoms with E-state index in [1.165, 1.54) is 5.69 Å². The monoisotopic (exact) mass is 357 g/mol. The van der Waals surface area contributed by atoms with Crippen molar-refractivity contribution in [1.29, 1.82) is 0 Å². The number of benzene rings is 1. The Bertz CT molecular complexity index is 685. The van der Waals surface area contributed by atoms with Crippen LogP contribution < -0.4 is 9.80 Å². The molecule has 0 amide bonds. The van der Waals surface area contributed by atoms with Crippen LogP contribution in [0.1, 0.15) is 52.9 Å². The first-order chi connectivity index (χ1) is 12.4. The van der Waals surface area contributed by atoms with E-state index in [4.69, 9.17) is 0 Å². The van der Waals surface area contributed by atoms with Crippen LogP contribution in [0.3, 0.4) is 0 Å². The summed E-state index contributed by atoms with van der Waals surface area (Å²) in [6.45, 7) is 15.6. The van der Waals surface area contributed by atoms with Crippen molar-refractivity contribution in [3.8, 4) is 0 Å². The third kappa shape index (κ3) is 3.75. The van der Waals surface area contributed by atoms with Gasteiger partial charge in [-0.3, -0.25) is 0 Å². The predicted molar refractivity (Wildman–Crippen MR) is 104 cm³/mol. The third-order valence-electron chi connectivity index (χ3n) is 5.84. The van der Waals surface area contributed by atoms with Gasteiger partial charge < -0.3 is 9.80 Å². The zero-order valence-corrected chi connectivity index (χ0v) is 16.8. The van der Waals surface area contributed by atoms with Crippen molar-refractivity contribution in [2.45, 2.75) is 52.6 Å². The maximum absolute atomic E-state index is 4.47. The van der Waals surface area contributed by atoms with Gasteiger partial charge >= 0.3 is 0 Å². The van der Waals surface area contributed by atoms with Gasteiger partial charge in [0.15, 0.2) is 6.04 Å². The minimum Gasteiger partial charge on any atom is -0.360 e. The molecule has 26 heavy (non-hydrogen) atoms. The van der Waals surface area contributed by atoms with Crippen LogP contribution in [0.15, 0.2) is 30.3 Å². The summed E-state index contributed by atoms with van der Waals surface area (Å²) in [6, 6.07) is 11.0. The van der Waals surface area contributed by atoms with E-state index in [1.807, 2.05) is 0 Å². The molecule has 6 nitrogen and oxygen atoms in total. The first-order valence-corrected chi connectivity index (χ1v) is 9.87. The lowest BCUT2D eigenvalue weighted by atomic mass is 9.97. The molecule has 1 aliphatic rings. The maximum Gasteiger partial charge on any atom is 0.210 e. The van der Waals surface area contributed by atoms with Crippen molar-refractivity contribution >= 4 is 5.69 Å². The smallest absolute Gasteiger partial charge is 0.210 e. The summed E-state index contributed by atoms with van der Waals surface area (Å²) in [6.07, 6.45) is 1.01. The van der Waals surface area contributed by atoms with Gasteiger partial charge in [0, 0.05) is 11.6 Å². The number of hydrogen-bond donors (Lipinski definition) is 1. The second-order valence-corrected chi connectivity index (χ2v) is 8.32. The molecule has 1 N–H and O–H groups in total. The average molecular weight is 358 g/mol. The number of quaternary nitrogens is 1. The highest BCUT2D eigenvalue weighted by Crippen LogP contribution is 2.24. The number of tetrazole rings is 1. The van der Waals surface area contributed by atoms with Crippen molar-refractivity contribution < 1.29 is 4.90 Å². The quantitative estimate of drug-likeness (QED) is 0.858. The van der Waals surface area contributed by atoms with Gasteiger partial charge in [0.1, 0.15) is 0 Å². The van der Waals surface area contributed by atoms with Gasteiger partial charge in [-0.25, -0.2) is 4.68 Å². The minimum atomic E-state index is -0.0583. The van der Waals surface area contributed by atoms with E-state index in [0.29, 0.717) is 12.0 Å². The Hall–Kier alpha value is -1.95. The highest BCUT2D eigenvalue weighted by atomic mass is 15.6. The van der Waals surface area contributed by atoms with Gasteiger partial charge in [-0.2, -0.15) is 0 Å². The first-order valence-electron chi connectivity index (χ1n) is 9.87. The van der Waals surface area contributed by atoms with Gasteiger partial charge in [-0.15, -0.1) is 5.10 Å². The van der Waals surface area contributed by atoms with Crippen molar-refractivity contribution in [2.24, 2.45) is 5.92 Å². The minimum absolute atomic E-state index is 0.0583. The molecule has 0 saturated carbocycles. The maximum atomic E-state index is 4.47. The Kier molecular flexibility index (Phi) is 5.61. The Balaban J connectivity index is 1.78. The fourth-order valence-corrected chi connectivity index (χ4v) is 3.92. The molecule has 0 spiro atoms. The van der Waals surface area contributed by atoms with E-state index in [9.17, 15) is 0 Å². The highest BCUT2D eigenvalue weighted by molar-refractivity contribution is 5.46. The molecule has 1 fully saturated rings. The van der Waals surface area contributed by atoms with Gasteiger partial charge in [0.2, 0.25) is 5.82 Å². The number of rotatable bonds is 6. The number of piperazine rings is 1. The number of para-hydroxylation sites is 1. The largest absolute Gasteiger partial charge is 0.360 e. The van der Waals surface area contributed by atoms with E-state index in [1.54, 1.807) is 4.90 Å². The van der Waals surface area contributed by atoms with Crippen LogP contribution in [0, 0.1) is 5.92 Å². The van der Waals surface area contributed by atoms with Crippen LogP contribution >= 0.6 is 0 Å². The molecular weight excluding hydrogens is 324 g/mol. The highest BCUT2D eigenvalue weighted by Gasteiger charge is 2.37. The summed E-state index contributed by atoms with van der Waals surface area (Å²) in [5.74, 6) is 1.53. The topological polar surface area (TPSA) is 51.3 Å². The standard InChI is InChI=1S/C20H32N6/c1-6-20(4,5)26-19(21-22-23-26)18(16(2)3)25-14-12-24(13-15-25)17-10-8-7-9-11-17/h7-11,16,18H,6,12-15H2,1-5H3/p+1/t18-/m1/s1. The molecule has 0 unspecified atom stereocenters. The lowest BCUT2D eigenvalue weighted by molar-refractivity contribution is -0.937. The molecule has 0 aliphatic carbocycles. The molecule has 1 atom stereocenters. The predicted octanol–water partition coefficient (Wildman–Crippen LogP) is 1.92. The fourth-order valence-electron chi connectivity index (χ4n) is 3.92. The Morgan fingerprint density at radius 3 is 2.35 bits per heavy atom. The molecule has 3 rings (SSSR count). The SMILES string of the molecule is CCC(C)(C)n1nnnc1[C@@H](C(C)C)[NH+]1CCN(c2ccccc2)CC1. The van der Waals surface area contributed by atoms with Crippen LogP contribution in [0.5, 0.6) is 0 Å². The summed E-state index contributed by atoms with van der Waals surface area (Å²) >= 11 is 0. The third-order valence-corrected chi connectivity index (χ3v) is 5.84. The molecule has 0 bridgehead atoms. The number of nitrogens with one attached hydrogen (secondary N) is 1. The summed E-state index contributed by atoms with van der Waals surface area (Å²) in [7, 11) is 0. The fraction of sp³-hybridized carbons (Fsp3) is 0.650. The van der Waals surface area contributed by atoms with Crippen molar-refractivity contribution in [3.05, 3.63) is 36.2 Å². The lowest BCUT2D eigenvalue weighted by Gasteiger charge is -2.39. The zero-order chi connectivity index (χ0) is 18.7. The average Bonchev–Trinajstić information content (AvgIpc) is 3.13. The Morgan fingerprint density at radius 1 is 1.12 bits per heavy atom. The molecule has 1 saturated heterocycles. The van der Waals surface area contributed by atoms with Gasteiger partial charge in [-0.05, 0) is 42.8 Å². The second-order valence-electron chi connectivity index (χ2n) is 8.32. The van der Waals surface area contributed by atoms with E-state index in [-0.39, 0.29) is 5.54 Å². The van der Waals surface area contributed by atoms with E-state index < -0.39 is 0 Å². The molecule has 1 aliphatic heterocycles.